The SMILES string of the molecule is CC1(C)CN(CSC2=NCc3ccccc3N2)CS1. The van der Waals surface area contributed by atoms with Crippen molar-refractivity contribution in [3.05, 3.63) is 29.8 Å². The maximum absolute atomic E-state index is 4.60. The standard InChI is InChI=1S/C14H19N3S2/c1-14(2)8-17(10-19-14)9-18-13-15-7-11-5-3-4-6-12(11)16-13/h3-6H,7-10H2,1-2H3,(H,15,16). The van der Waals surface area contributed by atoms with Crippen molar-refractivity contribution in [2.75, 3.05) is 23.6 Å². The summed E-state index contributed by atoms with van der Waals surface area (Å²) in [7, 11) is 0. The Bertz CT molecular complexity index is 499. The van der Waals surface area contributed by atoms with Crippen molar-refractivity contribution in [3.8, 4) is 0 Å². The maximum atomic E-state index is 4.60. The molecule has 0 saturated carbocycles. The predicted molar refractivity (Wildman–Crippen MR) is 86.9 cm³/mol. The average Bonchev–Trinajstić information content (AvgIpc) is 2.76. The van der Waals surface area contributed by atoms with Crippen LogP contribution in [0.1, 0.15) is 19.4 Å². The van der Waals surface area contributed by atoms with E-state index in [9.17, 15) is 0 Å². The van der Waals surface area contributed by atoms with Gasteiger partial charge in [-0.1, -0.05) is 30.0 Å². The lowest BCUT2D eigenvalue weighted by Gasteiger charge is -2.21. The number of amidine groups is 1. The van der Waals surface area contributed by atoms with Crippen molar-refractivity contribution in [2.45, 2.75) is 25.1 Å². The minimum Gasteiger partial charge on any atom is -0.335 e. The summed E-state index contributed by atoms with van der Waals surface area (Å²) < 4.78 is 0.398. The highest BCUT2D eigenvalue weighted by atomic mass is 32.2. The van der Waals surface area contributed by atoms with Crippen LogP contribution >= 0.6 is 23.5 Å². The summed E-state index contributed by atoms with van der Waals surface area (Å²) in [6, 6.07) is 8.39. The fraction of sp³-hybridized carbons (Fsp3) is 0.500. The van der Waals surface area contributed by atoms with E-state index in [4.69, 9.17) is 0 Å². The van der Waals surface area contributed by atoms with E-state index in [1.54, 1.807) is 0 Å². The van der Waals surface area contributed by atoms with Crippen LogP contribution in [0.5, 0.6) is 0 Å². The molecule has 1 aromatic carbocycles. The van der Waals surface area contributed by atoms with Gasteiger partial charge >= 0.3 is 0 Å². The first-order chi connectivity index (χ1) is 9.12. The molecule has 19 heavy (non-hydrogen) atoms. The summed E-state index contributed by atoms with van der Waals surface area (Å²) in [6.45, 7) is 6.59. The van der Waals surface area contributed by atoms with E-state index in [1.807, 2.05) is 23.5 Å². The minimum atomic E-state index is 0.398. The monoisotopic (exact) mass is 293 g/mol. The van der Waals surface area contributed by atoms with Gasteiger partial charge in [-0.3, -0.25) is 9.89 Å². The van der Waals surface area contributed by atoms with Gasteiger partial charge in [0.1, 0.15) is 0 Å². The molecule has 5 heteroatoms. The van der Waals surface area contributed by atoms with E-state index in [1.165, 1.54) is 11.3 Å². The lowest BCUT2D eigenvalue weighted by atomic mass is 10.1. The molecule has 0 aromatic heterocycles. The second-order valence-corrected chi connectivity index (χ2v) is 8.12. The van der Waals surface area contributed by atoms with Crippen LogP contribution in [0, 0.1) is 0 Å². The summed E-state index contributed by atoms with van der Waals surface area (Å²) in [4.78, 5) is 7.09. The van der Waals surface area contributed by atoms with Gasteiger partial charge < -0.3 is 5.32 Å². The molecular weight excluding hydrogens is 274 g/mol. The van der Waals surface area contributed by atoms with E-state index < -0.39 is 0 Å². The van der Waals surface area contributed by atoms with Gasteiger partial charge in [-0.05, 0) is 25.5 Å². The Balaban J connectivity index is 1.54. The van der Waals surface area contributed by atoms with Crippen molar-refractivity contribution < 1.29 is 0 Å². The third-order valence-electron chi connectivity index (χ3n) is 3.28. The fourth-order valence-corrected chi connectivity index (χ4v) is 4.23. The Morgan fingerprint density at radius 2 is 2.26 bits per heavy atom. The summed E-state index contributed by atoms with van der Waals surface area (Å²) >= 11 is 3.85. The Morgan fingerprint density at radius 1 is 1.42 bits per heavy atom. The summed E-state index contributed by atoms with van der Waals surface area (Å²) in [5.74, 6) is 2.15. The number of fused-ring (bicyclic) bond motifs is 1. The molecule has 0 radical (unpaired) electrons. The van der Waals surface area contributed by atoms with Gasteiger partial charge in [-0.15, -0.1) is 11.8 Å². The molecule has 2 aliphatic rings. The predicted octanol–water partition coefficient (Wildman–Crippen LogP) is 3.44. The maximum Gasteiger partial charge on any atom is 0.162 e. The van der Waals surface area contributed by atoms with Crippen molar-refractivity contribution in [3.63, 3.8) is 0 Å². The average molecular weight is 293 g/mol. The van der Waals surface area contributed by atoms with Crippen LogP contribution in [-0.4, -0.2) is 33.1 Å². The Kier molecular flexibility index (Phi) is 3.78. The molecule has 0 spiro atoms. The number of hydrogen-bond donors (Lipinski definition) is 1. The molecule has 1 N–H and O–H groups in total. The first-order valence-corrected chi connectivity index (χ1v) is 8.48. The first kappa shape index (κ1) is 13.3. The van der Waals surface area contributed by atoms with E-state index in [0.717, 1.165) is 30.0 Å². The molecule has 2 aliphatic heterocycles. The molecular formula is C14H19N3S2. The van der Waals surface area contributed by atoms with Crippen molar-refractivity contribution in [1.82, 2.24) is 4.90 Å². The summed E-state index contributed by atoms with van der Waals surface area (Å²) in [5.41, 5.74) is 2.49. The third-order valence-corrected chi connectivity index (χ3v) is 5.68. The summed E-state index contributed by atoms with van der Waals surface area (Å²) in [6.07, 6.45) is 0. The van der Waals surface area contributed by atoms with Crippen molar-refractivity contribution in [2.24, 2.45) is 4.99 Å². The number of nitrogens with zero attached hydrogens (tertiary/aromatic N) is 2. The molecule has 1 saturated heterocycles. The quantitative estimate of drug-likeness (QED) is 0.904. The van der Waals surface area contributed by atoms with E-state index in [-0.39, 0.29) is 0 Å². The third kappa shape index (κ3) is 3.27. The molecule has 0 bridgehead atoms. The van der Waals surface area contributed by atoms with Gasteiger partial charge in [-0.25, -0.2) is 0 Å². The molecule has 0 unspecified atom stereocenters. The second-order valence-electron chi connectivity index (χ2n) is 5.54. The van der Waals surface area contributed by atoms with Crippen LogP contribution in [-0.2, 0) is 6.54 Å². The largest absolute Gasteiger partial charge is 0.335 e. The molecule has 3 nitrogen and oxygen atoms in total. The normalized spacial score (nSPS) is 21.7. The van der Waals surface area contributed by atoms with Crippen molar-refractivity contribution in [1.29, 1.82) is 0 Å². The van der Waals surface area contributed by atoms with E-state index >= 15 is 0 Å². The highest BCUT2D eigenvalue weighted by Crippen LogP contribution is 2.34. The van der Waals surface area contributed by atoms with Gasteiger partial charge in [0.15, 0.2) is 5.17 Å². The molecule has 102 valence electrons. The lowest BCUT2D eigenvalue weighted by Crippen LogP contribution is -2.27. The van der Waals surface area contributed by atoms with Gasteiger partial charge in [0.05, 0.1) is 12.4 Å². The zero-order valence-corrected chi connectivity index (χ0v) is 13.0. The number of aliphatic imine (C=N–C) groups is 1. The minimum absolute atomic E-state index is 0.398. The number of para-hydroxylation sites is 1. The van der Waals surface area contributed by atoms with Gasteiger partial charge in [0, 0.05) is 22.9 Å². The number of rotatable bonds is 2. The van der Waals surface area contributed by atoms with Crippen LogP contribution in [0.4, 0.5) is 5.69 Å². The van der Waals surface area contributed by atoms with Crippen molar-refractivity contribution >= 4 is 34.4 Å². The zero-order valence-electron chi connectivity index (χ0n) is 11.3. The lowest BCUT2D eigenvalue weighted by molar-refractivity contribution is 0.375. The van der Waals surface area contributed by atoms with Gasteiger partial charge in [0.2, 0.25) is 0 Å². The Labute approximate surface area is 123 Å². The van der Waals surface area contributed by atoms with Gasteiger partial charge in [-0.2, -0.15) is 0 Å². The molecule has 1 fully saturated rings. The Morgan fingerprint density at radius 3 is 3.05 bits per heavy atom. The van der Waals surface area contributed by atoms with Crippen LogP contribution in [0.25, 0.3) is 0 Å². The number of nitrogens with one attached hydrogen (secondary N) is 1. The fourth-order valence-electron chi connectivity index (χ4n) is 2.30. The molecule has 0 aliphatic carbocycles. The molecule has 0 amide bonds. The zero-order chi connectivity index (χ0) is 13.3. The number of thioether (sulfide) groups is 2. The summed E-state index contributed by atoms with van der Waals surface area (Å²) in [5, 5.41) is 4.47. The van der Waals surface area contributed by atoms with Crippen LogP contribution in [0.15, 0.2) is 29.3 Å². The number of hydrogen-bond acceptors (Lipinski definition) is 5. The highest BCUT2D eigenvalue weighted by Gasteiger charge is 2.29. The number of benzene rings is 1. The molecule has 2 heterocycles. The second kappa shape index (κ2) is 5.38. The topological polar surface area (TPSA) is 27.6 Å². The first-order valence-electron chi connectivity index (χ1n) is 6.51. The molecule has 0 atom stereocenters. The number of anilines is 1. The molecule has 1 aromatic rings. The highest BCUT2D eigenvalue weighted by molar-refractivity contribution is 8.14. The van der Waals surface area contributed by atoms with Crippen LogP contribution < -0.4 is 5.32 Å². The van der Waals surface area contributed by atoms with Crippen LogP contribution in [0.2, 0.25) is 0 Å². The smallest absolute Gasteiger partial charge is 0.162 e. The Hall–Kier alpha value is -0.650. The van der Waals surface area contributed by atoms with Gasteiger partial charge in [0.25, 0.3) is 0 Å². The van der Waals surface area contributed by atoms with E-state index in [0.29, 0.717) is 4.75 Å². The molecule has 3 rings (SSSR count). The van der Waals surface area contributed by atoms with Crippen LogP contribution in [0.3, 0.4) is 0 Å². The van der Waals surface area contributed by atoms with E-state index in [2.05, 4.69) is 53.3 Å².